The molecule has 3 rings (SSSR count). The number of para-hydroxylation sites is 1. The van der Waals surface area contributed by atoms with Gasteiger partial charge in [-0.1, -0.05) is 36.4 Å². The standard InChI is InChI=1S/C21H25N3O3S3/c1-15(2)24-30(26,27)14-17-8-4-3-7-16(17)11-22-20(25)12-28-13-21-23-18-9-5-6-10-19(18)29-21/h3-10,15,24H,11-14H2,1-2H3,(H,22,25). The Morgan fingerprint density at radius 2 is 1.80 bits per heavy atom. The summed E-state index contributed by atoms with van der Waals surface area (Å²) in [5.74, 6) is 0.816. The van der Waals surface area contributed by atoms with Crippen LogP contribution in [0.15, 0.2) is 48.5 Å². The molecule has 1 aromatic heterocycles. The second kappa shape index (κ2) is 10.4. The van der Waals surface area contributed by atoms with Crippen LogP contribution in [0.2, 0.25) is 0 Å². The Bertz CT molecular complexity index is 1080. The second-order valence-corrected chi connectivity index (χ2v) is 11.0. The van der Waals surface area contributed by atoms with Crippen molar-refractivity contribution in [2.24, 2.45) is 0 Å². The van der Waals surface area contributed by atoms with E-state index in [1.165, 1.54) is 11.8 Å². The highest BCUT2D eigenvalue weighted by molar-refractivity contribution is 7.99. The summed E-state index contributed by atoms with van der Waals surface area (Å²) in [4.78, 5) is 16.8. The van der Waals surface area contributed by atoms with Gasteiger partial charge >= 0.3 is 0 Å². The molecular weight excluding hydrogens is 438 g/mol. The molecule has 3 aromatic rings. The smallest absolute Gasteiger partial charge is 0.230 e. The Kier molecular flexibility index (Phi) is 7.87. The molecule has 0 saturated heterocycles. The molecule has 9 heteroatoms. The quantitative estimate of drug-likeness (QED) is 0.479. The van der Waals surface area contributed by atoms with Gasteiger partial charge in [-0.05, 0) is 37.1 Å². The van der Waals surface area contributed by atoms with Gasteiger partial charge in [0, 0.05) is 18.3 Å². The number of thioether (sulfide) groups is 1. The molecule has 0 fully saturated rings. The lowest BCUT2D eigenvalue weighted by Gasteiger charge is -2.13. The van der Waals surface area contributed by atoms with Gasteiger partial charge in [0.1, 0.15) is 5.01 Å². The SMILES string of the molecule is CC(C)NS(=O)(=O)Cc1ccccc1CNC(=O)CSCc1nc2ccccc2s1. The average Bonchev–Trinajstić information content (AvgIpc) is 3.08. The molecule has 2 aromatic carbocycles. The van der Waals surface area contributed by atoms with Crippen molar-refractivity contribution in [2.45, 2.75) is 37.9 Å². The van der Waals surface area contributed by atoms with E-state index in [1.54, 1.807) is 37.3 Å². The summed E-state index contributed by atoms with van der Waals surface area (Å²) in [5.41, 5.74) is 2.48. The van der Waals surface area contributed by atoms with Crippen LogP contribution >= 0.6 is 23.1 Å². The molecule has 0 unspecified atom stereocenters. The molecule has 0 spiro atoms. The monoisotopic (exact) mass is 463 g/mol. The van der Waals surface area contributed by atoms with E-state index in [4.69, 9.17) is 0 Å². The summed E-state index contributed by atoms with van der Waals surface area (Å²) in [6.45, 7) is 3.87. The van der Waals surface area contributed by atoms with Crippen molar-refractivity contribution in [3.8, 4) is 0 Å². The molecule has 1 amide bonds. The number of rotatable bonds is 10. The summed E-state index contributed by atoms with van der Waals surface area (Å²) in [6.07, 6.45) is 0. The van der Waals surface area contributed by atoms with Gasteiger partial charge in [-0.2, -0.15) is 0 Å². The Balaban J connectivity index is 1.49. The number of hydrogen-bond acceptors (Lipinski definition) is 6. The number of thiazole rings is 1. The largest absolute Gasteiger partial charge is 0.351 e. The molecule has 30 heavy (non-hydrogen) atoms. The number of amides is 1. The first kappa shape index (κ1) is 22.7. The van der Waals surface area contributed by atoms with Crippen LogP contribution in [0, 0.1) is 0 Å². The fourth-order valence-electron chi connectivity index (χ4n) is 2.93. The highest BCUT2D eigenvalue weighted by atomic mass is 32.2. The van der Waals surface area contributed by atoms with Crippen molar-refractivity contribution in [3.63, 3.8) is 0 Å². The fraction of sp³-hybridized carbons (Fsp3) is 0.333. The maximum atomic E-state index is 12.2. The van der Waals surface area contributed by atoms with E-state index >= 15 is 0 Å². The Morgan fingerprint density at radius 1 is 1.10 bits per heavy atom. The van der Waals surface area contributed by atoms with Gasteiger partial charge in [0.05, 0.1) is 21.7 Å². The topological polar surface area (TPSA) is 88.2 Å². The zero-order valence-electron chi connectivity index (χ0n) is 16.9. The molecule has 0 saturated carbocycles. The van der Waals surface area contributed by atoms with Crippen molar-refractivity contribution in [2.75, 3.05) is 5.75 Å². The van der Waals surface area contributed by atoms with Crippen molar-refractivity contribution in [1.82, 2.24) is 15.0 Å². The molecule has 0 aliphatic carbocycles. The first-order chi connectivity index (χ1) is 14.3. The van der Waals surface area contributed by atoms with Crippen LogP contribution in [0.25, 0.3) is 10.2 Å². The highest BCUT2D eigenvalue weighted by Crippen LogP contribution is 2.24. The maximum Gasteiger partial charge on any atom is 0.230 e. The summed E-state index contributed by atoms with van der Waals surface area (Å²) in [7, 11) is -3.42. The summed E-state index contributed by atoms with van der Waals surface area (Å²) in [6, 6.07) is 15.1. The van der Waals surface area contributed by atoms with Crippen LogP contribution in [-0.4, -0.2) is 31.1 Å². The number of aromatic nitrogens is 1. The highest BCUT2D eigenvalue weighted by Gasteiger charge is 2.15. The third-order valence-corrected chi connectivity index (χ3v) is 7.84. The fourth-order valence-corrected chi connectivity index (χ4v) is 6.30. The lowest BCUT2D eigenvalue weighted by Crippen LogP contribution is -2.32. The Morgan fingerprint density at radius 3 is 2.53 bits per heavy atom. The number of nitrogens with zero attached hydrogens (tertiary/aromatic N) is 1. The first-order valence-electron chi connectivity index (χ1n) is 9.58. The van der Waals surface area contributed by atoms with Gasteiger partial charge < -0.3 is 5.32 Å². The third-order valence-electron chi connectivity index (χ3n) is 4.15. The van der Waals surface area contributed by atoms with Gasteiger partial charge in [-0.25, -0.2) is 18.1 Å². The van der Waals surface area contributed by atoms with Crippen molar-refractivity contribution in [1.29, 1.82) is 0 Å². The van der Waals surface area contributed by atoms with Crippen molar-refractivity contribution in [3.05, 3.63) is 64.7 Å². The number of hydrogen-bond donors (Lipinski definition) is 2. The summed E-state index contributed by atoms with van der Waals surface area (Å²) >= 11 is 3.16. The number of fused-ring (bicyclic) bond motifs is 1. The average molecular weight is 464 g/mol. The van der Waals surface area contributed by atoms with Gasteiger partial charge in [0.2, 0.25) is 15.9 Å². The van der Waals surface area contributed by atoms with Crippen molar-refractivity contribution < 1.29 is 13.2 Å². The van der Waals surface area contributed by atoms with Crippen LogP contribution in [0.1, 0.15) is 30.0 Å². The zero-order chi connectivity index (χ0) is 21.6. The van der Waals surface area contributed by atoms with E-state index in [2.05, 4.69) is 15.0 Å². The van der Waals surface area contributed by atoms with Gasteiger partial charge in [0.25, 0.3) is 0 Å². The molecule has 2 N–H and O–H groups in total. The summed E-state index contributed by atoms with van der Waals surface area (Å²) in [5, 5.41) is 3.89. The van der Waals surface area contributed by atoms with E-state index in [-0.39, 0.29) is 17.7 Å². The van der Waals surface area contributed by atoms with Crippen LogP contribution in [0.3, 0.4) is 0 Å². The van der Waals surface area contributed by atoms with E-state index in [0.29, 0.717) is 23.6 Å². The third kappa shape index (κ3) is 6.80. The minimum Gasteiger partial charge on any atom is -0.351 e. The van der Waals surface area contributed by atoms with Gasteiger partial charge in [-0.15, -0.1) is 23.1 Å². The molecule has 0 aliphatic rings. The lowest BCUT2D eigenvalue weighted by atomic mass is 10.1. The van der Waals surface area contributed by atoms with Crippen molar-refractivity contribution >= 4 is 49.2 Å². The molecule has 0 aliphatic heterocycles. The Labute approximate surface area is 185 Å². The second-order valence-electron chi connectivity index (χ2n) is 7.15. The predicted molar refractivity (Wildman–Crippen MR) is 125 cm³/mol. The predicted octanol–water partition coefficient (Wildman–Crippen LogP) is 3.67. The number of carbonyl (C=O) groups excluding carboxylic acids is 1. The maximum absolute atomic E-state index is 12.2. The number of sulfonamides is 1. The molecule has 0 atom stereocenters. The molecular formula is C21H25N3O3S3. The normalized spacial score (nSPS) is 11.8. The molecule has 6 nitrogen and oxygen atoms in total. The number of benzene rings is 2. The van der Waals surface area contributed by atoms with Gasteiger partial charge in [0.15, 0.2) is 0 Å². The minimum atomic E-state index is -3.42. The molecule has 160 valence electrons. The number of carbonyl (C=O) groups is 1. The molecule has 0 bridgehead atoms. The summed E-state index contributed by atoms with van der Waals surface area (Å²) < 4.78 is 28.2. The zero-order valence-corrected chi connectivity index (χ0v) is 19.4. The van der Waals surface area contributed by atoms with Crippen LogP contribution < -0.4 is 10.0 Å². The molecule has 0 radical (unpaired) electrons. The van der Waals surface area contributed by atoms with E-state index in [9.17, 15) is 13.2 Å². The molecule has 1 heterocycles. The van der Waals surface area contributed by atoms with Crippen LogP contribution in [0.5, 0.6) is 0 Å². The lowest BCUT2D eigenvalue weighted by molar-refractivity contribution is -0.118. The number of nitrogens with one attached hydrogen (secondary N) is 2. The van der Waals surface area contributed by atoms with Crippen LogP contribution in [0.4, 0.5) is 0 Å². The van der Waals surface area contributed by atoms with Crippen LogP contribution in [-0.2, 0) is 32.9 Å². The van der Waals surface area contributed by atoms with E-state index < -0.39 is 10.0 Å². The minimum absolute atomic E-state index is 0.0842. The Hall–Kier alpha value is -1.94. The van der Waals surface area contributed by atoms with Gasteiger partial charge in [-0.3, -0.25) is 4.79 Å². The van der Waals surface area contributed by atoms with E-state index in [0.717, 1.165) is 20.8 Å². The van der Waals surface area contributed by atoms with E-state index in [1.807, 2.05) is 36.4 Å². The first-order valence-corrected chi connectivity index (χ1v) is 13.2.